The van der Waals surface area contributed by atoms with E-state index in [0.29, 0.717) is 25.9 Å². The van der Waals surface area contributed by atoms with Crippen molar-refractivity contribution in [2.75, 3.05) is 13.1 Å². The summed E-state index contributed by atoms with van der Waals surface area (Å²) in [6.07, 6.45) is 0.281. The Labute approximate surface area is 129 Å². The second-order valence-electron chi connectivity index (χ2n) is 7.48. The Morgan fingerprint density at radius 1 is 1.19 bits per heavy atom. The molecule has 0 radical (unpaired) electrons. The van der Waals surface area contributed by atoms with Gasteiger partial charge in [0.25, 0.3) is 0 Å². The van der Waals surface area contributed by atoms with Gasteiger partial charge in [0.1, 0.15) is 11.3 Å². The quantitative estimate of drug-likeness (QED) is 0.760. The van der Waals surface area contributed by atoms with Crippen molar-refractivity contribution < 1.29 is 18.8 Å². The maximum atomic E-state index is 12.1. The highest BCUT2D eigenvalue weighted by Gasteiger charge is 2.38. The van der Waals surface area contributed by atoms with Crippen LogP contribution in [-0.2, 0) is 15.7 Å². The summed E-state index contributed by atoms with van der Waals surface area (Å²) in [5, 5.41) is 10.5. The maximum absolute atomic E-state index is 12.1. The molecule has 0 aromatic heterocycles. The molecule has 0 aliphatic carbocycles. The Kier molecular flexibility index (Phi) is 5.45. The molecule has 1 fully saturated rings. The normalized spacial score (nSPS) is 21.0. The number of hydrogen-bond donors (Lipinski definition) is 2. The molecule has 124 valence electrons. The fourth-order valence-electron chi connectivity index (χ4n) is 1.81. The zero-order valence-electron chi connectivity index (χ0n) is 13.9. The molecule has 1 heterocycles. The monoisotopic (exact) mass is 320 g/mol. The molecule has 0 bridgehead atoms. The van der Waals surface area contributed by atoms with Crippen LogP contribution < -0.4 is 4.72 Å². The van der Waals surface area contributed by atoms with Crippen LogP contribution >= 0.6 is 0 Å². The van der Waals surface area contributed by atoms with Gasteiger partial charge in [0.15, 0.2) is 0 Å². The van der Waals surface area contributed by atoms with E-state index in [-0.39, 0.29) is 6.09 Å². The highest BCUT2D eigenvalue weighted by atomic mass is 32.2. The van der Waals surface area contributed by atoms with Crippen LogP contribution in [0.1, 0.15) is 54.4 Å². The molecule has 1 aliphatic heterocycles. The van der Waals surface area contributed by atoms with Crippen molar-refractivity contribution in [2.24, 2.45) is 0 Å². The van der Waals surface area contributed by atoms with E-state index in [0.717, 1.165) is 0 Å². The molecule has 1 atom stereocenters. The molecular formula is C14H28N2O4S. The third-order valence-corrected chi connectivity index (χ3v) is 4.76. The van der Waals surface area contributed by atoms with Crippen LogP contribution in [0.25, 0.3) is 0 Å². The van der Waals surface area contributed by atoms with Gasteiger partial charge in [-0.2, -0.15) is 0 Å². The smallest absolute Gasteiger partial charge is 0.410 e. The predicted molar refractivity (Wildman–Crippen MR) is 83.0 cm³/mol. The van der Waals surface area contributed by atoms with Crippen molar-refractivity contribution in [2.45, 2.75) is 70.5 Å². The number of likely N-dealkylation sites (tertiary alicyclic amines) is 1. The molecule has 1 aliphatic rings. The second-order valence-corrected chi connectivity index (χ2v) is 9.45. The average molecular weight is 320 g/mol. The number of carbonyl (C=O) groups excluding carboxylic acids is 1. The van der Waals surface area contributed by atoms with Crippen molar-refractivity contribution in [3.05, 3.63) is 0 Å². The summed E-state index contributed by atoms with van der Waals surface area (Å²) in [5.41, 5.74) is -1.73. The van der Waals surface area contributed by atoms with Gasteiger partial charge in [-0.15, -0.1) is 0 Å². The van der Waals surface area contributed by atoms with Gasteiger partial charge in [-0.05, 0) is 41.5 Å². The van der Waals surface area contributed by atoms with E-state index < -0.39 is 27.1 Å². The van der Waals surface area contributed by atoms with Gasteiger partial charge < -0.3 is 14.7 Å². The zero-order valence-corrected chi connectivity index (χ0v) is 14.7. The van der Waals surface area contributed by atoms with Crippen LogP contribution in [0.3, 0.4) is 0 Å². The van der Waals surface area contributed by atoms with Gasteiger partial charge >= 0.3 is 6.09 Å². The van der Waals surface area contributed by atoms with Crippen molar-refractivity contribution in [3.63, 3.8) is 0 Å². The summed E-state index contributed by atoms with van der Waals surface area (Å²) in [6, 6.07) is 0. The van der Waals surface area contributed by atoms with Gasteiger partial charge in [-0.1, -0.05) is 0 Å². The number of piperidine rings is 1. The fourth-order valence-corrected chi connectivity index (χ4v) is 2.67. The Morgan fingerprint density at radius 2 is 1.67 bits per heavy atom. The van der Waals surface area contributed by atoms with Crippen LogP contribution in [0.5, 0.6) is 0 Å². The lowest BCUT2D eigenvalue weighted by Gasteiger charge is -2.39. The number of nitrogens with zero attached hydrogens (tertiary/aromatic N) is 1. The summed E-state index contributed by atoms with van der Waals surface area (Å²) in [4.78, 5) is 13.5. The first-order chi connectivity index (χ1) is 9.32. The minimum atomic E-state index is -1.35. The van der Waals surface area contributed by atoms with Crippen LogP contribution in [0.4, 0.5) is 4.79 Å². The summed E-state index contributed by atoms with van der Waals surface area (Å²) in [5.74, 6) is 0. The van der Waals surface area contributed by atoms with Crippen molar-refractivity contribution in [1.82, 2.24) is 9.62 Å². The third kappa shape index (κ3) is 5.92. The molecule has 2 N–H and O–H groups in total. The minimum Gasteiger partial charge on any atom is -0.444 e. The number of rotatable bonds is 2. The Balaban J connectivity index is 2.55. The summed E-state index contributed by atoms with van der Waals surface area (Å²) < 4.78 is 19.7. The lowest BCUT2D eigenvalue weighted by molar-refractivity contribution is -0.0379. The van der Waals surface area contributed by atoms with Gasteiger partial charge in [0.2, 0.25) is 0 Å². The zero-order chi connectivity index (χ0) is 16.5. The molecule has 0 aromatic rings. The molecule has 21 heavy (non-hydrogen) atoms. The molecular weight excluding hydrogens is 292 g/mol. The van der Waals surface area contributed by atoms with E-state index in [1.54, 1.807) is 4.90 Å². The number of aliphatic hydroxyl groups is 1. The summed E-state index contributed by atoms with van der Waals surface area (Å²) in [6.45, 7) is 11.7. The maximum Gasteiger partial charge on any atom is 0.410 e. The second kappa shape index (κ2) is 6.22. The molecule has 1 saturated heterocycles. The topological polar surface area (TPSA) is 78.9 Å². The van der Waals surface area contributed by atoms with Crippen LogP contribution in [-0.4, -0.2) is 49.5 Å². The van der Waals surface area contributed by atoms with E-state index >= 15 is 0 Å². The average Bonchev–Trinajstić information content (AvgIpc) is 2.25. The Hall–Kier alpha value is -0.660. The third-order valence-electron chi connectivity index (χ3n) is 3.08. The molecule has 1 rings (SSSR count). The van der Waals surface area contributed by atoms with E-state index in [9.17, 15) is 14.1 Å². The van der Waals surface area contributed by atoms with Crippen LogP contribution in [0.15, 0.2) is 0 Å². The Morgan fingerprint density at radius 3 is 2.05 bits per heavy atom. The molecule has 0 spiro atoms. The Bertz CT molecular complexity index is 404. The van der Waals surface area contributed by atoms with Gasteiger partial charge in [0, 0.05) is 25.9 Å². The SMILES string of the molecule is CC(C)(C)OC(=O)N1CCC(O)(NS(=O)C(C)(C)C)CC1. The fraction of sp³-hybridized carbons (Fsp3) is 0.929. The van der Waals surface area contributed by atoms with Crippen LogP contribution in [0.2, 0.25) is 0 Å². The van der Waals surface area contributed by atoms with Crippen molar-refractivity contribution >= 4 is 17.1 Å². The number of hydrogen-bond acceptors (Lipinski definition) is 4. The summed E-state index contributed by atoms with van der Waals surface area (Å²) in [7, 11) is -1.35. The number of ether oxygens (including phenoxy) is 1. The summed E-state index contributed by atoms with van der Waals surface area (Å²) >= 11 is 0. The lowest BCUT2D eigenvalue weighted by atomic mass is 10.0. The van der Waals surface area contributed by atoms with E-state index in [4.69, 9.17) is 4.74 Å². The van der Waals surface area contributed by atoms with E-state index in [1.165, 1.54) is 0 Å². The minimum absolute atomic E-state index is 0.327. The van der Waals surface area contributed by atoms with Crippen LogP contribution in [0, 0.1) is 0 Å². The molecule has 0 aromatic carbocycles. The van der Waals surface area contributed by atoms with Gasteiger partial charge in [-0.3, -0.25) is 0 Å². The predicted octanol–water partition coefficient (Wildman–Crippen LogP) is 1.76. The van der Waals surface area contributed by atoms with E-state index in [1.807, 2.05) is 41.5 Å². The first-order valence-electron chi connectivity index (χ1n) is 7.22. The van der Waals surface area contributed by atoms with Crippen molar-refractivity contribution in [3.8, 4) is 0 Å². The number of carbonyl (C=O) groups is 1. The van der Waals surface area contributed by atoms with Crippen molar-refractivity contribution in [1.29, 1.82) is 0 Å². The van der Waals surface area contributed by atoms with E-state index in [2.05, 4.69) is 4.72 Å². The van der Waals surface area contributed by atoms with Gasteiger partial charge in [0.05, 0.1) is 15.7 Å². The number of amides is 1. The highest BCUT2D eigenvalue weighted by Crippen LogP contribution is 2.23. The molecule has 1 unspecified atom stereocenters. The lowest BCUT2D eigenvalue weighted by Crippen LogP contribution is -2.57. The molecule has 1 amide bonds. The standard InChI is InChI=1S/C14H28N2O4S/c1-12(2,3)20-11(17)16-9-7-14(18,8-10-16)15-21(19)13(4,5)6/h15,18H,7-10H2,1-6H3. The molecule has 7 heteroatoms. The first kappa shape index (κ1) is 18.4. The molecule has 0 saturated carbocycles. The largest absolute Gasteiger partial charge is 0.444 e. The highest BCUT2D eigenvalue weighted by molar-refractivity contribution is 7.84. The first-order valence-corrected chi connectivity index (χ1v) is 8.37. The van der Waals surface area contributed by atoms with Gasteiger partial charge in [-0.25, -0.2) is 13.7 Å². The number of nitrogens with one attached hydrogen (secondary N) is 1. The molecule has 6 nitrogen and oxygen atoms in total.